The number of amides is 2. The Morgan fingerprint density at radius 3 is 2.03 bits per heavy atom. The number of anilines is 1. The topological polar surface area (TPSA) is 75.7 Å². The van der Waals surface area contributed by atoms with Crippen molar-refractivity contribution in [2.75, 3.05) is 18.6 Å². The molecule has 0 spiro atoms. The molecule has 0 radical (unpaired) electrons. The van der Waals surface area contributed by atoms with Crippen molar-refractivity contribution in [1.29, 1.82) is 0 Å². The molecule has 0 saturated heterocycles. The fourth-order valence-corrected chi connectivity index (χ4v) is 3.11. The number of ether oxygens (including phenoxy) is 1. The van der Waals surface area contributed by atoms with Crippen LogP contribution in [0.1, 0.15) is 39.2 Å². The maximum atomic E-state index is 12.9. The Labute approximate surface area is 181 Å². The quantitative estimate of drug-likeness (QED) is 0.591. The third kappa shape index (κ3) is 5.57. The molecule has 1 atom stereocenters. The minimum absolute atomic E-state index is 0.110. The van der Waals surface area contributed by atoms with Gasteiger partial charge < -0.3 is 15.0 Å². The summed E-state index contributed by atoms with van der Waals surface area (Å²) in [6.07, 6.45) is 0. The fourth-order valence-electron chi connectivity index (χ4n) is 3.11. The number of rotatable bonds is 7. The van der Waals surface area contributed by atoms with Gasteiger partial charge in [-0.05, 0) is 36.8 Å². The molecule has 0 unspecified atom stereocenters. The molecule has 0 aliphatic carbocycles. The largest absolute Gasteiger partial charge is 0.452 e. The van der Waals surface area contributed by atoms with Crippen LogP contribution in [-0.4, -0.2) is 31.4 Å². The van der Waals surface area contributed by atoms with Gasteiger partial charge in [-0.2, -0.15) is 0 Å². The van der Waals surface area contributed by atoms with Gasteiger partial charge in [-0.15, -0.1) is 0 Å². The predicted molar refractivity (Wildman–Crippen MR) is 119 cm³/mol. The average molecular weight is 416 g/mol. The number of carbonyl (C=O) groups excluding carboxylic acids is 3. The standard InChI is InChI=1S/C25H24N2O4/c1-18(19-11-5-3-6-12-19)26-23(28)17-31-25(30)22-16-10-9-15-21(22)24(29)27(2)20-13-7-4-8-14-20/h3-16,18H,17H2,1-2H3,(H,26,28)/t18-/m0/s1. The minimum atomic E-state index is -0.729. The van der Waals surface area contributed by atoms with Gasteiger partial charge in [-0.25, -0.2) is 4.79 Å². The summed E-state index contributed by atoms with van der Waals surface area (Å²) in [7, 11) is 1.64. The lowest BCUT2D eigenvalue weighted by Gasteiger charge is -2.19. The van der Waals surface area contributed by atoms with E-state index in [0.29, 0.717) is 5.69 Å². The van der Waals surface area contributed by atoms with Crippen LogP contribution < -0.4 is 10.2 Å². The lowest BCUT2D eigenvalue weighted by molar-refractivity contribution is -0.124. The zero-order valence-electron chi connectivity index (χ0n) is 17.4. The number of carbonyl (C=O) groups is 3. The summed E-state index contributed by atoms with van der Waals surface area (Å²) in [4.78, 5) is 39.2. The van der Waals surface area contributed by atoms with Gasteiger partial charge in [-0.3, -0.25) is 9.59 Å². The van der Waals surface area contributed by atoms with E-state index in [1.54, 1.807) is 37.4 Å². The Balaban J connectivity index is 1.64. The van der Waals surface area contributed by atoms with Crippen molar-refractivity contribution in [3.8, 4) is 0 Å². The first-order valence-corrected chi connectivity index (χ1v) is 9.91. The highest BCUT2D eigenvalue weighted by molar-refractivity contribution is 6.12. The summed E-state index contributed by atoms with van der Waals surface area (Å²) < 4.78 is 5.18. The molecule has 0 aliphatic heterocycles. The van der Waals surface area contributed by atoms with E-state index in [0.717, 1.165) is 5.56 Å². The van der Waals surface area contributed by atoms with Crippen molar-refractivity contribution in [1.82, 2.24) is 5.32 Å². The predicted octanol–water partition coefficient (Wildman–Crippen LogP) is 4.00. The summed E-state index contributed by atoms with van der Waals surface area (Å²) in [6, 6.07) is 24.8. The van der Waals surface area contributed by atoms with E-state index >= 15 is 0 Å². The monoisotopic (exact) mass is 416 g/mol. The third-order valence-corrected chi connectivity index (χ3v) is 4.84. The lowest BCUT2D eigenvalue weighted by Crippen LogP contribution is -2.32. The molecule has 0 bridgehead atoms. The third-order valence-electron chi connectivity index (χ3n) is 4.84. The van der Waals surface area contributed by atoms with Gasteiger partial charge in [0.2, 0.25) is 0 Å². The van der Waals surface area contributed by atoms with Crippen LogP contribution in [0.5, 0.6) is 0 Å². The van der Waals surface area contributed by atoms with E-state index in [1.165, 1.54) is 11.0 Å². The van der Waals surface area contributed by atoms with Crippen molar-refractivity contribution in [2.45, 2.75) is 13.0 Å². The molecule has 3 rings (SSSR count). The SMILES string of the molecule is C[C@H](NC(=O)COC(=O)c1ccccc1C(=O)N(C)c1ccccc1)c1ccccc1. The molecule has 1 N–H and O–H groups in total. The molecular formula is C25H24N2O4. The van der Waals surface area contributed by atoms with E-state index in [9.17, 15) is 14.4 Å². The molecule has 0 heterocycles. The number of nitrogens with one attached hydrogen (secondary N) is 1. The highest BCUT2D eigenvalue weighted by Gasteiger charge is 2.22. The van der Waals surface area contributed by atoms with Gasteiger partial charge in [0.25, 0.3) is 11.8 Å². The summed E-state index contributed by atoms with van der Waals surface area (Å²) in [6.45, 7) is 1.41. The van der Waals surface area contributed by atoms with Crippen molar-refractivity contribution in [3.63, 3.8) is 0 Å². The van der Waals surface area contributed by atoms with Gasteiger partial charge in [0.1, 0.15) is 0 Å². The molecule has 158 valence electrons. The molecule has 3 aromatic carbocycles. The van der Waals surface area contributed by atoms with Crippen LogP contribution in [0.2, 0.25) is 0 Å². The average Bonchev–Trinajstić information content (AvgIpc) is 2.82. The normalized spacial score (nSPS) is 11.3. The van der Waals surface area contributed by atoms with Crippen molar-refractivity contribution in [3.05, 3.63) is 102 Å². The highest BCUT2D eigenvalue weighted by Crippen LogP contribution is 2.18. The molecule has 0 aliphatic rings. The smallest absolute Gasteiger partial charge is 0.339 e. The number of para-hydroxylation sites is 1. The first kappa shape index (κ1) is 21.8. The van der Waals surface area contributed by atoms with Crippen LogP contribution >= 0.6 is 0 Å². The van der Waals surface area contributed by atoms with Gasteiger partial charge >= 0.3 is 5.97 Å². The van der Waals surface area contributed by atoms with E-state index in [2.05, 4.69) is 5.32 Å². The second-order valence-electron chi connectivity index (χ2n) is 7.02. The number of esters is 1. The second kappa shape index (κ2) is 10.2. The zero-order chi connectivity index (χ0) is 22.2. The summed E-state index contributed by atoms with van der Waals surface area (Å²) >= 11 is 0. The summed E-state index contributed by atoms with van der Waals surface area (Å²) in [5.41, 5.74) is 1.96. The Hall–Kier alpha value is -3.93. The molecule has 0 saturated carbocycles. The van der Waals surface area contributed by atoms with E-state index in [-0.39, 0.29) is 23.1 Å². The first-order valence-electron chi connectivity index (χ1n) is 9.91. The summed E-state index contributed by atoms with van der Waals surface area (Å²) in [5.74, 6) is -1.50. The molecule has 0 aromatic heterocycles. The van der Waals surface area contributed by atoms with Crippen LogP contribution in [0.4, 0.5) is 5.69 Å². The number of hydrogen-bond donors (Lipinski definition) is 1. The maximum Gasteiger partial charge on any atom is 0.339 e. The lowest BCUT2D eigenvalue weighted by atomic mass is 10.1. The number of nitrogens with zero attached hydrogens (tertiary/aromatic N) is 1. The van der Waals surface area contributed by atoms with Crippen molar-refractivity contribution < 1.29 is 19.1 Å². The molecular weight excluding hydrogens is 392 g/mol. The highest BCUT2D eigenvalue weighted by atomic mass is 16.5. The van der Waals surface area contributed by atoms with E-state index < -0.39 is 18.5 Å². The zero-order valence-corrected chi connectivity index (χ0v) is 17.4. The fraction of sp³-hybridized carbons (Fsp3) is 0.160. The summed E-state index contributed by atoms with van der Waals surface area (Å²) in [5, 5.41) is 2.79. The first-order chi connectivity index (χ1) is 15.0. The Morgan fingerprint density at radius 2 is 1.39 bits per heavy atom. The second-order valence-corrected chi connectivity index (χ2v) is 7.02. The van der Waals surface area contributed by atoms with E-state index in [4.69, 9.17) is 4.74 Å². The molecule has 31 heavy (non-hydrogen) atoms. The van der Waals surface area contributed by atoms with Gasteiger partial charge in [0.05, 0.1) is 17.2 Å². The number of benzene rings is 3. The molecule has 3 aromatic rings. The molecule has 6 heteroatoms. The number of hydrogen-bond acceptors (Lipinski definition) is 4. The van der Waals surface area contributed by atoms with Crippen LogP contribution in [0.3, 0.4) is 0 Å². The van der Waals surface area contributed by atoms with E-state index in [1.807, 2.05) is 55.5 Å². The van der Waals surface area contributed by atoms with Crippen molar-refractivity contribution >= 4 is 23.5 Å². The van der Waals surface area contributed by atoms with Crippen LogP contribution in [-0.2, 0) is 9.53 Å². The van der Waals surface area contributed by atoms with Crippen molar-refractivity contribution in [2.24, 2.45) is 0 Å². The minimum Gasteiger partial charge on any atom is -0.452 e. The molecule has 0 fully saturated rings. The molecule has 6 nitrogen and oxygen atoms in total. The van der Waals surface area contributed by atoms with Gasteiger partial charge in [0.15, 0.2) is 6.61 Å². The Morgan fingerprint density at radius 1 is 0.839 bits per heavy atom. The van der Waals surface area contributed by atoms with Gasteiger partial charge in [0, 0.05) is 12.7 Å². The van der Waals surface area contributed by atoms with Crippen LogP contribution in [0, 0.1) is 0 Å². The molecule has 2 amide bonds. The van der Waals surface area contributed by atoms with Crippen LogP contribution in [0.25, 0.3) is 0 Å². The maximum absolute atomic E-state index is 12.9. The Kier molecular flexibility index (Phi) is 7.17. The Bertz CT molecular complexity index is 1050. The van der Waals surface area contributed by atoms with Crippen LogP contribution in [0.15, 0.2) is 84.9 Å². The van der Waals surface area contributed by atoms with Gasteiger partial charge in [-0.1, -0.05) is 60.7 Å².